The van der Waals surface area contributed by atoms with Gasteiger partial charge in [-0.15, -0.1) is 0 Å². The summed E-state index contributed by atoms with van der Waals surface area (Å²) in [5.41, 5.74) is 0.753. The average Bonchev–Trinajstić information content (AvgIpc) is 2.26. The number of hydrogen-bond acceptors (Lipinski definition) is 2. The number of hydrogen-bond donors (Lipinski definition) is 1. The lowest BCUT2D eigenvalue weighted by atomic mass is 9.95. The van der Waals surface area contributed by atoms with E-state index in [4.69, 9.17) is 0 Å². The van der Waals surface area contributed by atoms with Gasteiger partial charge in [-0.05, 0) is 31.9 Å². The van der Waals surface area contributed by atoms with Crippen LogP contribution in [0.25, 0.3) is 0 Å². The van der Waals surface area contributed by atoms with E-state index in [1.165, 1.54) is 0 Å². The predicted molar refractivity (Wildman–Crippen MR) is 69.6 cm³/mol. The summed E-state index contributed by atoms with van der Waals surface area (Å²) in [5.74, 6) is 0.103. The third kappa shape index (κ3) is 4.98. The van der Waals surface area contributed by atoms with Gasteiger partial charge in [-0.3, -0.25) is 9.78 Å². The SMILES string of the molecule is CC(CCc1ccccn1)NC(=O)C(C)(C)C. The summed E-state index contributed by atoms with van der Waals surface area (Å²) in [5, 5.41) is 3.02. The minimum atomic E-state index is -0.320. The molecule has 94 valence electrons. The smallest absolute Gasteiger partial charge is 0.225 e. The third-order valence-corrected chi connectivity index (χ3v) is 2.62. The van der Waals surface area contributed by atoms with E-state index in [-0.39, 0.29) is 17.4 Å². The fourth-order valence-corrected chi connectivity index (χ4v) is 1.42. The molecule has 0 bridgehead atoms. The van der Waals surface area contributed by atoms with Crippen LogP contribution in [0.1, 0.15) is 39.8 Å². The zero-order valence-electron chi connectivity index (χ0n) is 11.2. The summed E-state index contributed by atoms with van der Waals surface area (Å²) in [6.45, 7) is 7.81. The van der Waals surface area contributed by atoms with Crippen molar-refractivity contribution in [1.29, 1.82) is 0 Å². The summed E-state index contributed by atoms with van der Waals surface area (Å²) in [4.78, 5) is 16.0. The molecular weight excluding hydrogens is 212 g/mol. The zero-order valence-corrected chi connectivity index (χ0v) is 11.2. The summed E-state index contributed by atoms with van der Waals surface area (Å²) in [6.07, 6.45) is 3.61. The van der Waals surface area contributed by atoms with Crippen LogP contribution in [0.2, 0.25) is 0 Å². The molecular formula is C14H22N2O. The van der Waals surface area contributed by atoms with Gasteiger partial charge in [-0.25, -0.2) is 0 Å². The van der Waals surface area contributed by atoms with E-state index in [9.17, 15) is 4.79 Å². The molecule has 3 nitrogen and oxygen atoms in total. The Hall–Kier alpha value is -1.38. The molecule has 1 heterocycles. The maximum absolute atomic E-state index is 11.8. The van der Waals surface area contributed by atoms with Crippen molar-refractivity contribution in [2.45, 2.75) is 46.6 Å². The molecule has 17 heavy (non-hydrogen) atoms. The van der Waals surface area contributed by atoms with Gasteiger partial charge in [0, 0.05) is 23.3 Å². The number of amides is 1. The molecule has 3 heteroatoms. The second-order valence-corrected chi connectivity index (χ2v) is 5.48. The van der Waals surface area contributed by atoms with Crippen LogP contribution in [0, 0.1) is 5.41 Å². The van der Waals surface area contributed by atoms with Crippen LogP contribution in [-0.2, 0) is 11.2 Å². The Balaban J connectivity index is 2.36. The van der Waals surface area contributed by atoms with Crippen LogP contribution in [0.15, 0.2) is 24.4 Å². The highest BCUT2D eigenvalue weighted by atomic mass is 16.2. The van der Waals surface area contributed by atoms with Gasteiger partial charge in [0.15, 0.2) is 0 Å². The first-order valence-corrected chi connectivity index (χ1v) is 6.10. The number of carbonyl (C=O) groups is 1. The Morgan fingerprint density at radius 1 is 1.41 bits per heavy atom. The maximum Gasteiger partial charge on any atom is 0.225 e. The highest BCUT2D eigenvalue weighted by molar-refractivity contribution is 5.81. The van der Waals surface area contributed by atoms with Crippen molar-refractivity contribution in [3.63, 3.8) is 0 Å². The van der Waals surface area contributed by atoms with Crippen molar-refractivity contribution in [3.8, 4) is 0 Å². The van der Waals surface area contributed by atoms with Crippen LogP contribution in [0.4, 0.5) is 0 Å². The van der Waals surface area contributed by atoms with Crippen LogP contribution >= 0.6 is 0 Å². The summed E-state index contributed by atoms with van der Waals surface area (Å²) in [6, 6.07) is 6.09. The largest absolute Gasteiger partial charge is 0.353 e. The minimum Gasteiger partial charge on any atom is -0.353 e. The van der Waals surface area contributed by atoms with E-state index in [1.54, 1.807) is 6.20 Å². The molecule has 0 spiro atoms. The number of aromatic nitrogens is 1. The molecule has 0 radical (unpaired) electrons. The molecule has 1 aromatic heterocycles. The second-order valence-electron chi connectivity index (χ2n) is 5.48. The Kier molecular flexibility index (Phi) is 4.67. The quantitative estimate of drug-likeness (QED) is 0.870. The molecule has 0 aliphatic carbocycles. The average molecular weight is 234 g/mol. The van der Waals surface area contributed by atoms with E-state index in [2.05, 4.69) is 10.3 Å². The van der Waals surface area contributed by atoms with E-state index >= 15 is 0 Å². The van der Waals surface area contributed by atoms with Crippen LogP contribution in [0.3, 0.4) is 0 Å². The molecule has 1 atom stereocenters. The lowest BCUT2D eigenvalue weighted by Crippen LogP contribution is -2.40. The van der Waals surface area contributed by atoms with Gasteiger partial charge in [-0.1, -0.05) is 26.8 Å². The van der Waals surface area contributed by atoms with Gasteiger partial charge in [0.1, 0.15) is 0 Å². The van der Waals surface area contributed by atoms with Crippen molar-refractivity contribution < 1.29 is 4.79 Å². The molecule has 0 aliphatic rings. The van der Waals surface area contributed by atoms with Gasteiger partial charge < -0.3 is 5.32 Å². The van der Waals surface area contributed by atoms with Crippen molar-refractivity contribution in [3.05, 3.63) is 30.1 Å². The summed E-state index contributed by atoms with van der Waals surface area (Å²) in [7, 11) is 0. The topological polar surface area (TPSA) is 42.0 Å². The maximum atomic E-state index is 11.8. The van der Waals surface area contributed by atoms with Gasteiger partial charge in [0.2, 0.25) is 5.91 Å². The highest BCUT2D eigenvalue weighted by Gasteiger charge is 2.22. The first kappa shape index (κ1) is 13.7. The van der Waals surface area contributed by atoms with E-state index < -0.39 is 0 Å². The van der Waals surface area contributed by atoms with Gasteiger partial charge >= 0.3 is 0 Å². The van der Waals surface area contributed by atoms with Crippen molar-refractivity contribution in [2.24, 2.45) is 5.41 Å². The zero-order chi connectivity index (χ0) is 12.9. The predicted octanol–water partition coefficient (Wildman–Crippen LogP) is 2.57. The Morgan fingerprint density at radius 2 is 2.12 bits per heavy atom. The van der Waals surface area contributed by atoms with Gasteiger partial charge in [-0.2, -0.15) is 0 Å². The molecule has 1 rings (SSSR count). The van der Waals surface area contributed by atoms with Crippen LogP contribution < -0.4 is 5.32 Å². The Labute approximate surface area is 104 Å². The molecule has 0 aromatic carbocycles. The molecule has 0 aliphatic heterocycles. The first-order chi connectivity index (χ1) is 7.89. The fourth-order valence-electron chi connectivity index (χ4n) is 1.42. The Bertz CT molecular complexity index is 354. The molecule has 1 unspecified atom stereocenters. The molecule has 1 amide bonds. The standard InChI is InChI=1S/C14H22N2O/c1-11(16-13(17)14(2,3)4)8-9-12-7-5-6-10-15-12/h5-7,10-11H,8-9H2,1-4H3,(H,16,17). The minimum absolute atomic E-state index is 0.103. The monoisotopic (exact) mass is 234 g/mol. The molecule has 0 saturated carbocycles. The number of nitrogens with zero attached hydrogens (tertiary/aromatic N) is 1. The lowest BCUT2D eigenvalue weighted by molar-refractivity contribution is -0.129. The van der Waals surface area contributed by atoms with Crippen molar-refractivity contribution >= 4 is 5.91 Å². The van der Waals surface area contributed by atoms with Gasteiger partial charge in [0.05, 0.1) is 0 Å². The Morgan fingerprint density at radius 3 is 2.65 bits per heavy atom. The van der Waals surface area contributed by atoms with Gasteiger partial charge in [0.25, 0.3) is 0 Å². The number of aryl methyl sites for hydroxylation is 1. The molecule has 1 aromatic rings. The van der Waals surface area contributed by atoms with E-state index in [0.29, 0.717) is 0 Å². The summed E-state index contributed by atoms with van der Waals surface area (Å²) >= 11 is 0. The summed E-state index contributed by atoms with van der Waals surface area (Å²) < 4.78 is 0. The number of carbonyl (C=O) groups excluding carboxylic acids is 1. The fraction of sp³-hybridized carbons (Fsp3) is 0.571. The molecule has 0 fully saturated rings. The number of rotatable bonds is 4. The molecule has 1 N–H and O–H groups in total. The third-order valence-electron chi connectivity index (χ3n) is 2.62. The highest BCUT2D eigenvalue weighted by Crippen LogP contribution is 2.13. The second kappa shape index (κ2) is 5.80. The van der Waals surface area contributed by atoms with Crippen molar-refractivity contribution in [2.75, 3.05) is 0 Å². The van der Waals surface area contributed by atoms with E-state index in [1.807, 2.05) is 45.9 Å². The normalized spacial score (nSPS) is 13.2. The molecule has 0 saturated heterocycles. The van der Waals surface area contributed by atoms with Crippen molar-refractivity contribution in [1.82, 2.24) is 10.3 Å². The van der Waals surface area contributed by atoms with E-state index in [0.717, 1.165) is 18.5 Å². The first-order valence-electron chi connectivity index (χ1n) is 6.10. The number of pyridine rings is 1. The lowest BCUT2D eigenvalue weighted by Gasteiger charge is -2.21. The van der Waals surface area contributed by atoms with Crippen LogP contribution in [-0.4, -0.2) is 16.9 Å². The number of nitrogens with one attached hydrogen (secondary N) is 1. The van der Waals surface area contributed by atoms with Crippen LogP contribution in [0.5, 0.6) is 0 Å².